The van der Waals surface area contributed by atoms with Gasteiger partial charge in [0.1, 0.15) is 17.8 Å². The number of hydrogen-bond acceptors (Lipinski definition) is 13. The van der Waals surface area contributed by atoms with Gasteiger partial charge in [0.25, 0.3) is 0 Å². The third-order valence-electron chi connectivity index (χ3n) is 5.81. The van der Waals surface area contributed by atoms with E-state index < -0.39 is 54.5 Å². The van der Waals surface area contributed by atoms with Crippen LogP contribution in [0.4, 0.5) is 0 Å². The number of unbranched alkanes of at least 4 members (excludes halogenated alkanes) is 1. The maximum Gasteiger partial charge on any atom is 0.325 e. The number of esters is 2. The maximum absolute atomic E-state index is 12.1. The predicted molar refractivity (Wildman–Crippen MR) is 141 cm³/mol. The summed E-state index contributed by atoms with van der Waals surface area (Å²) in [6.45, 7) is 3.91. The molecule has 0 spiro atoms. The van der Waals surface area contributed by atoms with E-state index in [2.05, 4.69) is 33.3 Å². The standard InChI is InChI=1S/C25H33N5O9S/c1-15(31)26-22-24(37-17(3)33)23(36-16(2)32)20(38-25(22)35-12-8-7-11-21(34)39-29-40)14-30-13-19(27-28-30)18-9-5-4-6-10-18/h4-6,9-10,13,20,22-25,29,40H,7-8,11-12,14H2,1-3H3,(H,26,31)/t20?,22-,23-,24?,25+/m0/s1. The predicted octanol–water partition coefficient (Wildman–Crippen LogP) is 1.12. The normalized spacial score (nSPS) is 22.2. The molecule has 0 radical (unpaired) electrons. The fraction of sp³-hybridized carbons (Fsp3) is 0.520. The maximum atomic E-state index is 12.1. The first-order valence-corrected chi connectivity index (χ1v) is 13.1. The third-order valence-corrected chi connectivity index (χ3v) is 5.90. The molecule has 1 saturated heterocycles. The van der Waals surface area contributed by atoms with Gasteiger partial charge in [-0.15, -0.1) is 5.10 Å². The summed E-state index contributed by atoms with van der Waals surface area (Å²) >= 11 is 3.61. The number of thiol groups is 1. The second-order valence-corrected chi connectivity index (χ2v) is 9.19. The molecule has 1 aliphatic rings. The molecular weight excluding hydrogens is 546 g/mol. The van der Waals surface area contributed by atoms with E-state index in [1.807, 2.05) is 35.2 Å². The smallest absolute Gasteiger partial charge is 0.325 e. The van der Waals surface area contributed by atoms with Crippen LogP contribution < -0.4 is 10.2 Å². The summed E-state index contributed by atoms with van der Waals surface area (Å²) in [7, 11) is 0. The van der Waals surface area contributed by atoms with Crippen molar-refractivity contribution in [2.45, 2.75) is 77.2 Å². The van der Waals surface area contributed by atoms with Gasteiger partial charge in [-0.25, -0.2) is 4.68 Å². The van der Waals surface area contributed by atoms with Gasteiger partial charge in [0.15, 0.2) is 18.5 Å². The molecule has 1 aromatic carbocycles. The topological polar surface area (TPSA) is 169 Å². The first kappa shape index (κ1) is 31.0. The minimum Gasteiger partial charge on any atom is -0.456 e. The van der Waals surface area contributed by atoms with Crippen LogP contribution in [0.3, 0.4) is 0 Å². The lowest BCUT2D eigenvalue weighted by atomic mass is 9.95. The fourth-order valence-electron chi connectivity index (χ4n) is 4.23. The number of carbonyl (C=O) groups is 4. The van der Waals surface area contributed by atoms with E-state index in [1.54, 1.807) is 6.20 Å². The number of ether oxygens (including phenoxy) is 4. The van der Waals surface area contributed by atoms with Gasteiger partial charge in [-0.05, 0) is 12.8 Å². The van der Waals surface area contributed by atoms with Gasteiger partial charge >= 0.3 is 17.9 Å². The molecule has 218 valence electrons. The van der Waals surface area contributed by atoms with Gasteiger partial charge in [-0.1, -0.05) is 53.2 Å². The molecule has 2 heterocycles. The van der Waals surface area contributed by atoms with E-state index in [0.29, 0.717) is 18.5 Å². The summed E-state index contributed by atoms with van der Waals surface area (Å²) < 4.78 is 24.8. The second-order valence-electron chi connectivity index (χ2n) is 9.00. The zero-order chi connectivity index (χ0) is 29.1. The van der Waals surface area contributed by atoms with Crippen LogP contribution in [0, 0.1) is 0 Å². The molecule has 1 aromatic heterocycles. The second kappa shape index (κ2) is 15.3. The van der Waals surface area contributed by atoms with Gasteiger partial charge in [0, 0.05) is 39.4 Å². The number of amides is 1. The van der Waals surface area contributed by atoms with E-state index >= 15 is 0 Å². The van der Waals surface area contributed by atoms with Crippen LogP contribution in [0.15, 0.2) is 36.5 Å². The number of aromatic nitrogens is 3. The number of nitrogens with one attached hydrogen (secondary N) is 2. The molecule has 2 N–H and O–H groups in total. The molecule has 40 heavy (non-hydrogen) atoms. The number of hydrogen-bond donors (Lipinski definition) is 3. The molecule has 2 aromatic rings. The molecule has 5 atom stereocenters. The SMILES string of the molecule is CC(=O)N[C@H]1C(OC(C)=O)[C@@H](OC(C)=O)C(Cn2cc(-c3ccccc3)nn2)O[C@H]1OCCCCC(=O)ONS. The van der Waals surface area contributed by atoms with E-state index in [9.17, 15) is 19.2 Å². The van der Waals surface area contributed by atoms with E-state index in [-0.39, 0.29) is 19.6 Å². The fourth-order valence-corrected chi connectivity index (χ4v) is 4.33. The monoisotopic (exact) mass is 579 g/mol. The Hall–Kier alpha value is -3.53. The highest BCUT2D eigenvalue weighted by molar-refractivity contribution is 7.77. The van der Waals surface area contributed by atoms with Crippen LogP contribution >= 0.6 is 12.8 Å². The summed E-state index contributed by atoms with van der Waals surface area (Å²) in [6, 6.07) is 8.42. The number of benzene rings is 1. The highest BCUT2D eigenvalue weighted by Crippen LogP contribution is 2.29. The lowest BCUT2D eigenvalue weighted by Crippen LogP contribution is -2.66. The van der Waals surface area contributed by atoms with Crippen molar-refractivity contribution in [2.24, 2.45) is 0 Å². The minimum absolute atomic E-state index is 0.0603. The Morgan fingerprint density at radius 3 is 2.38 bits per heavy atom. The molecule has 1 amide bonds. The summed E-state index contributed by atoms with van der Waals surface area (Å²) in [6.07, 6.45) is -1.50. The average molecular weight is 580 g/mol. The quantitative estimate of drug-likeness (QED) is 0.102. The summed E-state index contributed by atoms with van der Waals surface area (Å²) in [5.41, 5.74) is 1.47. The summed E-state index contributed by atoms with van der Waals surface area (Å²) in [4.78, 5) is 54.3. The van der Waals surface area contributed by atoms with Crippen molar-refractivity contribution in [1.29, 1.82) is 0 Å². The Morgan fingerprint density at radius 1 is 1.02 bits per heavy atom. The molecule has 2 unspecified atom stereocenters. The lowest BCUT2D eigenvalue weighted by molar-refractivity contribution is -0.274. The third kappa shape index (κ3) is 9.29. The molecule has 1 aliphatic heterocycles. The van der Waals surface area contributed by atoms with Crippen molar-refractivity contribution in [3.05, 3.63) is 36.5 Å². The molecule has 14 nitrogen and oxygen atoms in total. The van der Waals surface area contributed by atoms with E-state index in [1.165, 1.54) is 25.5 Å². The Morgan fingerprint density at radius 2 is 1.73 bits per heavy atom. The van der Waals surface area contributed by atoms with Gasteiger partial charge in [-0.2, -0.15) is 0 Å². The Kier molecular flexibility index (Phi) is 11.9. The average Bonchev–Trinajstić information content (AvgIpc) is 3.36. The van der Waals surface area contributed by atoms with Crippen molar-refractivity contribution in [3.8, 4) is 11.3 Å². The summed E-state index contributed by atoms with van der Waals surface area (Å²) in [5.74, 6) is -2.21. The van der Waals surface area contributed by atoms with Gasteiger partial charge < -0.3 is 29.1 Å². The highest BCUT2D eigenvalue weighted by Gasteiger charge is 2.51. The van der Waals surface area contributed by atoms with E-state index in [4.69, 9.17) is 18.9 Å². The number of carbonyl (C=O) groups excluding carboxylic acids is 4. The van der Waals surface area contributed by atoms with Crippen molar-refractivity contribution >= 4 is 36.6 Å². The van der Waals surface area contributed by atoms with Crippen molar-refractivity contribution < 1.29 is 43.0 Å². The first-order valence-electron chi connectivity index (χ1n) is 12.6. The van der Waals surface area contributed by atoms with Crippen molar-refractivity contribution in [2.75, 3.05) is 6.61 Å². The molecule has 0 bridgehead atoms. The molecule has 3 rings (SSSR count). The summed E-state index contributed by atoms with van der Waals surface area (Å²) in [5, 5.41) is 11.1. The molecule has 0 aliphatic carbocycles. The van der Waals surface area contributed by atoms with Crippen LogP contribution in [0.1, 0.15) is 40.0 Å². The van der Waals surface area contributed by atoms with Gasteiger partial charge in [-0.3, -0.25) is 19.2 Å². The van der Waals surface area contributed by atoms with Gasteiger partial charge in [0.2, 0.25) is 5.91 Å². The first-order chi connectivity index (χ1) is 19.2. The number of rotatable bonds is 13. The Balaban J connectivity index is 1.83. The largest absolute Gasteiger partial charge is 0.456 e. The lowest BCUT2D eigenvalue weighted by Gasteiger charge is -2.45. The Bertz CT molecular complexity index is 1150. The molecule has 1 fully saturated rings. The van der Waals surface area contributed by atoms with Crippen molar-refractivity contribution in [1.82, 2.24) is 25.2 Å². The molecule has 15 heteroatoms. The van der Waals surface area contributed by atoms with Crippen LogP contribution in [-0.4, -0.2) is 76.1 Å². The zero-order valence-corrected chi connectivity index (χ0v) is 23.2. The van der Waals surface area contributed by atoms with Gasteiger partial charge in [0.05, 0.1) is 12.7 Å². The van der Waals surface area contributed by atoms with E-state index in [0.717, 1.165) is 5.56 Å². The molecule has 0 saturated carbocycles. The Labute approximate surface area is 236 Å². The zero-order valence-electron chi connectivity index (χ0n) is 22.3. The highest BCUT2D eigenvalue weighted by atomic mass is 32.1. The van der Waals surface area contributed by atoms with Crippen LogP contribution in [-0.2, 0) is 49.5 Å². The van der Waals surface area contributed by atoms with Crippen molar-refractivity contribution in [3.63, 3.8) is 0 Å². The van der Waals surface area contributed by atoms with Crippen LogP contribution in [0.25, 0.3) is 11.3 Å². The van der Waals surface area contributed by atoms with Crippen LogP contribution in [0.5, 0.6) is 0 Å². The minimum atomic E-state index is -1.14. The number of nitrogens with zero attached hydrogens (tertiary/aromatic N) is 3. The van der Waals surface area contributed by atoms with Crippen LogP contribution in [0.2, 0.25) is 0 Å². The molecular formula is C25H33N5O9S.